The molecule has 0 aliphatic heterocycles. The lowest BCUT2D eigenvalue weighted by molar-refractivity contribution is -0.127. The maximum Gasteiger partial charge on any atom is 0.339 e. The summed E-state index contributed by atoms with van der Waals surface area (Å²) in [5.74, 6) is 0.433. The third-order valence-corrected chi connectivity index (χ3v) is 5.30. The molecular weight excluding hydrogens is 370 g/mol. The van der Waals surface area contributed by atoms with Crippen LogP contribution in [0.15, 0.2) is 40.1 Å². The number of hydrogen-bond acceptors (Lipinski definition) is 5. The molecule has 7 nitrogen and oxygen atoms in total. The first-order valence-corrected chi connectivity index (χ1v) is 10.0. The summed E-state index contributed by atoms with van der Waals surface area (Å²) in [6.45, 7) is 5.01. The van der Waals surface area contributed by atoms with Crippen molar-refractivity contribution in [2.24, 2.45) is 0 Å². The van der Waals surface area contributed by atoms with Crippen molar-refractivity contribution in [2.45, 2.75) is 52.2 Å². The molecule has 0 bridgehead atoms. The van der Waals surface area contributed by atoms with Crippen molar-refractivity contribution in [3.05, 3.63) is 58.0 Å². The van der Waals surface area contributed by atoms with Gasteiger partial charge in [-0.3, -0.25) is 4.79 Å². The molecule has 29 heavy (non-hydrogen) atoms. The Hall–Kier alpha value is -3.09. The lowest BCUT2D eigenvalue weighted by atomic mass is 10.0. The van der Waals surface area contributed by atoms with Gasteiger partial charge in [0.05, 0.1) is 11.7 Å². The Kier molecular flexibility index (Phi) is 5.38. The second-order valence-electron chi connectivity index (χ2n) is 7.54. The second-order valence-corrected chi connectivity index (χ2v) is 7.54. The third-order valence-electron chi connectivity index (χ3n) is 5.30. The molecule has 1 aliphatic rings. The SMILES string of the molecule is Cc1cc(O[C@H](C)C(=O)NCCCn2ccnc2)c2c3c(c(=O)oc2c1)CCC3. The molecule has 7 heteroatoms. The number of ether oxygens (including phenoxy) is 1. The summed E-state index contributed by atoms with van der Waals surface area (Å²) < 4.78 is 13.6. The molecule has 4 rings (SSSR count). The Balaban J connectivity index is 1.47. The molecule has 2 aromatic heterocycles. The van der Waals surface area contributed by atoms with Crippen LogP contribution >= 0.6 is 0 Å². The molecule has 0 fully saturated rings. The largest absolute Gasteiger partial charge is 0.480 e. The van der Waals surface area contributed by atoms with Crippen LogP contribution in [0, 0.1) is 6.92 Å². The summed E-state index contributed by atoms with van der Waals surface area (Å²) in [6, 6.07) is 3.76. The average Bonchev–Trinajstić information content (AvgIpc) is 3.36. The number of aromatic nitrogens is 2. The van der Waals surface area contributed by atoms with E-state index in [1.54, 1.807) is 19.4 Å². The second kappa shape index (κ2) is 8.11. The predicted octanol–water partition coefficient (Wildman–Crippen LogP) is 2.76. The summed E-state index contributed by atoms with van der Waals surface area (Å²) in [5.41, 5.74) is 2.92. The summed E-state index contributed by atoms with van der Waals surface area (Å²) in [4.78, 5) is 28.7. The number of nitrogens with zero attached hydrogens (tertiary/aromatic N) is 2. The zero-order chi connectivity index (χ0) is 20.4. The van der Waals surface area contributed by atoms with Gasteiger partial charge in [0.2, 0.25) is 0 Å². The van der Waals surface area contributed by atoms with Gasteiger partial charge >= 0.3 is 5.63 Å². The van der Waals surface area contributed by atoms with Gasteiger partial charge < -0.3 is 19.0 Å². The van der Waals surface area contributed by atoms with Crippen molar-refractivity contribution in [3.8, 4) is 5.75 Å². The standard InChI is InChI=1S/C22H25N3O4/c1-14-11-18(20-16-5-3-6-17(16)22(27)29-19(20)12-14)28-15(2)21(26)24-7-4-9-25-10-8-23-13-25/h8,10-13,15H,3-7,9H2,1-2H3,(H,24,26)/t15-/m1/s1. The number of fused-ring (bicyclic) bond motifs is 3. The first-order chi connectivity index (χ1) is 14.0. The minimum absolute atomic E-state index is 0.167. The Morgan fingerprint density at radius 2 is 2.17 bits per heavy atom. The fourth-order valence-corrected chi connectivity index (χ4v) is 3.88. The van der Waals surface area contributed by atoms with Crippen LogP contribution in [-0.4, -0.2) is 28.1 Å². The molecule has 1 N–H and O–H groups in total. The van der Waals surface area contributed by atoms with Gasteiger partial charge in [0.25, 0.3) is 5.91 Å². The first kappa shape index (κ1) is 19.2. The molecule has 1 amide bonds. The van der Waals surface area contributed by atoms with E-state index in [4.69, 9.17) is 9.15 Å². The number of carbonyl (C=O) groups excluding carboxylic acids is 1. The van der Waals surface area contributed by atoms with Gasteiger partial charge in [0, 0.05) is 31.0 Å². The Morgan fingerprint density at radius 1 is 1.34 bits per heavy atom. The van der Waals surface area contributed by atoms with Gasteiger partial charge in [-0.1, -0.05) is 0 Å². The van der Waals surface area contributed by atoms with Crippen molar-refractivity contribution in [1.29, 1.82) is 0 Å². The normalized spacial score (nSPS) is 14.0. The average molecular weight is 395 g/mol. The highest BCUT2D eigenvalue weighted by Crippen LogP contribution is 2.35. The molecule has 0 spiro atoms. The van der Waals surface area contributed by atoms with Crippen molar-refractivity contribution in [1.82, 2.24) is 14.9 Å². The molecule has 0 radical (unpaired) electrons. The number of rotatable bonds is 7. The van der Waals surface area contributed by atoms with Crippen LogP contribution < -0.4 is 15.7 Å². The quantitative estimate of drug-likeness (QED) is 0.491. The molecule has 0 saturated heterocycles. The van der Waals surface area contributed by atoms with Crippen molar-refractivity contribution in [2.75, 3.05) is 6.54 Å². The van der Waals surface area contributed by atoms with E-state index in [9.17, 15) is 9.59 Å². The Bertz CT molecular complexity index is 1090. The minimum Gasteiger partial charge on any atom is -0.480 e. The number of carbonyl (C=O) groups is 1. The number of amides is 1. The highest BCUT2D eigenvalue weighted by atomic mass is 16.5. The molecule has 1 aliphatic carbocycles. The van der Waals surface area contributed by atoms with Gasteiger partial charge in [-0.2, -0.15) is 0 Å². The number of aryl methyl sites for hydroxylation is 3. The Labute approximate surface area is 168 Å². The van der Waals surface area contributed by atoms with Crippen LogP contribution in [-0.2, 0) is 24.2 Å². The van der Waals surface area contributed by atoms with Gasteiger partial charge in [0.15, 0.2) is 6.10 Å². The van der Waals surface area contributed by atoms with Crippen LogP contribution in [0.2, 0.25) is 0 Å². The summed E-state index contributed by atoms with van der Waals surface area (Å²) >= 11 is 0. The molecule has 0 unspecified atom stereocenters. The van der Waals surface area contributed by atoms with Crippen LogP contribution in [0.5, 0.6) is 5.75 Å². The smallest absolute Gasteiger partial charge is 0.339 e. The van der Waals surface area contributed by atoms with Gasteiger partial charge in [-0.15, -0.1) is 0 Å². The number of nitrogens with one attached hydrogen (secondary N) is 1. The van der Waals surface area contributed by atoms with Crippen molar-refractivity contribution < 1.29 is 13.9 Å². The topological polar surface area (TPSA) is 86.4 Å². The van der Waals surface area contributed by atoms with E-state index in [-0.39, 0.29) is 11.5 Å². The van der Waals surface area contributed by atoms with Crippen LogP contribution in [0.3, 0.4) is 0 Å². The molecule has 1 atom stereocenters. The zero-order valence-corrected chi connectivity index (χ0v) is 16.7. The fraction of sp³-hybridized carbons (Fsp3) is 0.409. The third kappa shape index (κ3) is 4.04. The Morgan fingerprint density at radius 3 is 2.97 bits per heavy atom. The molecule has 0 saturated carbocycles. The number of imidazole rings is 1. The predicted molar refractivity (Wildman–Crippen MR) is 109 cm³/mol. The molecular formula is C22H25N3O4. The molecule has 1 aromatic carbocycles. The fourth-order valence-electron chi connectivity index (χ4n) is 3.88. The van der Waals surface area contributed by atoms with E-state index in [1.165, 1.54) is 0 Å². The number of benzene rings is 1. The van der Waals surface area contributed by atoms with E-state index in [0.717, 1.165) is 54.3 Å². The maximum atomic E-state index is 12.5. The number of hydrogen-bond donors (Lipinski definition) is 1. The van der Waals surface area contributed by atoms with E-state index in [0.29, 0.717) is 17.9 Å². The monoisotopic (exact) mass is 395 g/mol. The minimum atomic E-state index is -0.655. The van der Waals surface area contributed by atoms with E-state index in [2.05, 4.69) is 10.3 Å². The lowest BCUT2D eigenvalue weighted by Crippen LogP contribution is -2.37. The first-order valence-electron chi connectivity index (χ1n) is 10.0. The van der Waals surface area contributed by atoms with Gasteiger partial charge in [0.1, 0.15) is 11.3 Å². The maximum absolute atomic E-state index is 12.5. The van der Waals surface area contributed by atoms with Crippen molar-refractivity contribution in [3.63, 3.8) is 0 Å². The van der Waals surface area contributed by atoms with Crippen LogP contribution in [0.4, 0.5) is 0 Å². The van der Waals surface area contributed by atoms with Crippen LogP contribution in [0.25, 0.3) is 11.0 Å². The summed E-state index contributed by atoms with van der Waals surface area (Å²) in [7, 11) is 0. The zero-order valence-electron chi connectivity index (χ0n) is 16.7. The highest BCUT2D eigenvalue weighted by Gasteiger charge is 2.24. The van der Waals surface area contributed by atoms with E-state index >= 15 is 0 Å². The molecule has 152 valence electrons. The summed E-state index contributed by atoms with van der Waals surface area (Å²) in [5, 5.41) is 3.74. The highest BCUT2D eigenvalue weighted by molar-refractivity contribution is 5.89. The van der Waals surface area contributed by atoms with Gasteiger partial charge in [-0.05, 0) is 62.8 Å². The van der Waals surface area contributed by atoms with E-state index in [1.807, 2.05) is 29.8 Å². The molecule has 3 aromatic rings. The molecule has 2 heterocycles. The summed E-state index contributed by atoms with van der Waals surface area (Å²) in [6.07, 6.45) is 8.03. The van der Waals surface area contributed by atoms with Crippen LogP contribution in [0.1, 0.15) is 36.5 Å². The van der Waals surface area contributed by atoms with Gasteiger partial charge in [-0.25, -0.2) is 9.78 Å². The van der Waals surface area contributed by atoms with Crippen molar-refractivity contribution >= 4 is 16.9 Å². The van der Waals surface area contributed by atoms with E-state index < -0.39 is 6.10 Å². The lowest BCUT2D eigenvalue weighted by Gasteiger charge is -2.18.